The molecule has 0 unspecified atom stereocenters. The molecule has 2 aliphatic rings. The summed E-state index contributed by atoms with van der Waals surface area (Å²) in [5.41, 5.74) is 3.45. The molecular formula is C28H42N2O5. The lowest BCUT2D eigenvalue weighted by Gasteiger charge is -2.31. The highest BCUT2D eigenvalue weighted by Crippen LogP contribution is 2.32. The van der Waals surface area contributed by atoms with E-state index in [1.54, 1.807) is 14.2 Å². The van der Waals surface area contributed by atoms with Crippen LogP contribution >= 0.6 is 0 Å². The minimum Gasteiger partial charge on any atom is -0.494 e. The van der Waals surface area contributed by atoms with Gasteiger partial charge in [-0.3, -0.25) is 0 Å². The standard InChI is InChI=1S/C15H23NO2.C13H19NO3/c1-17-11-2-12-18-15-5-3-13(4-6-15)14-7-9-16-10-8-14;1-16-7-2-5-14-6-8-17-13-4-3-11(10-15)9-12(13)14/h3-6,14,16H,2,7-12H2,1H3;3-4,9,15H,2,5-8,10H2,1H3. The fraction of sp³-hybridized carbons (Fsp3) is 0.571. The van der Waals surface area contributed by atoms with E-state index in [0.29, 0.717) is 5.92 Å². The van der Waals surface area contributed by atoms with Gasteiger partial charge in [-0.15, -0.1) is 0 Å². The van der Waals surface area contributed by atoms with Gasteiger partial charge in [0.15, 0.2) is 0 Å². The van der Waals surface area contributed by atoms with Crippen molar-refractivity contribution in [3.63, 3.8) is 0 Å². The lowest BCUT2D eigenvalue weighted by Crippen LogP contribution is -2.34. The van der Waals surface area contributed by atoms with Crippen molar-refractivity contribution in [1.29, 1.82) is 0 Å². The molecule has 35 heavy (non-hydrogen) atoms. The summed E-state index contributed by atoms with van der Waals surface area (Å²) in [5.74, 6) is 2.59. The van der Waals surface area contributed by atoms with Gasteiger partial charge in [-0.2, -0.15) is 0 Å². The first kappa shape index (κ1) is 27.3. The molecule has 2 aliphatic heterocycles. The van der Waals surface area contributed by atoms with Gasteiger partial charge in [0, 0.05) is 40.4 Å². The van der Waals surface area contributed by atoms with Gasteiger partial charge in [0.05, 0.1) is 25.4 Å². The van der Waals surface area contributed by atoms with Gasteiger partial charge in [0.1, 0.15) is 18.1 Å². The fourth-order valence-corrected chi connectivity index (χ4v) is 4.43. The SMILES string of the molecule is COCCCN1CCOc2ccc(CO)cc21.COCCCOc1ccc(C2CCNCC2)cc1. The number of benzene rings is 2. The third-order valence-electron chi connectivity index (χ3n) is 6.39. The Kier molecular flexibility index (Phi) is 12.2. The second-order valence-corrected chi connectivity index (χ2v) is 8.93. The summed E-state index contributed by atoms with van der Waals surface area (Å²) in [4.78, 5) is 2.29. The number of aliphatic hydroxyl groups excluding tert-OH is 1. The van der Waals surface area contributed by atoms with Gasteiger partial charge < -0.3 is 34.3 Å². The van der Waals surface area contributed by atoms with E-state index in [2.05, 4.69) is 34.5 Å². The molecule has 2 N–H and O–H groups in total. The zero-order valence-electron chi connectivity index (χ0n) is 21.3. The molecule has 194 valence electrons. The number of rotatable bonds is 11. The Morgan fingerprint density at radius 3 is 2.43 bits per heavy atom. The Bertz CT molecular complexity index is 840. The molecule has 0 amide bonds. The van der Waals surface area contributed by atoms with Crippen molar-refractivity contribution in [3.05, 3.63) is 53.6 Å². The molecule has 7 nitrogen and oxygen atoms in total. The first-order valence-corrected chi connectivity index (χ1v) is 12.8. The maximum absolute atomic E-state index is 9.16. The number of nitrogens with one attached hydrogen (secondary N) is 1. The normalized spacial score (nSPS) is 15.6. The molecule has 2 aromatic carbocycles. The number of ether oxygens (including phenoxy) is 4. The average molecular weight is 487 g/mol. The average Bonchev–Trinajstić information content (AvgIpc) is 2.92. The minimum absolute atomic E-state index is 0.0686. The van der Waals surface area contributed by atoms with Crippen LogP contribution in [0.1, 0.15) is 42.7 Å². The molecule has 7 heteroatoms. The molecule has 0 saturated carbocycles. The van der Waals surface area contributed by atoms with E-state index in [-0.39, 0.29) is 6.61 Å². The number of piperidine rings is 1. The van der Waals surface area contributed by atoms with E-state index in [9.17, 15) is 0 Å². The predicted octanol–water partition coefficient (Wildman–Crippen LogP) is 3.98. The number of methoxy groups -OCH3 is 2. The molecule has 0 radical (unpaired) electrons. The maximum Gasteiger partial charge on any atom is 0.142 e. The molecule has 0 aliphatic carbocycles. The first-order chi connectivity index (χ1) is 17.2. The van der Waals surface area contributed by atoms with Gasteiger partial charge in [-0.25, -0.2) is 0 Å². The lowest BCUT2D eigenvalue weighted by molar-refractivity contribution is 0.172. The molecular weight excluding hydrogens is 444 g/mol. The van der Waals surface area contributed by atoms with E-state index in [4.69, 9.17) is 24.1 Å². The molecule has 4 rings (SSSR count). The van der Waals surface area contributed by atoms with Gasteiger partial charge in [-0.05, 0) is 73.7 Å². The van der Waals surface area contributed by atoms with Gasteiger partial charge in [0.25, 0.3) is 0 Å². The molecule has 0 bridgehead atoms. The van der Waals surface area contributed by atoms with Gasteiger partial charge in [0.2, 0.25) is 0 Å². The van der Waals surface area contributed by atoms with Crippen LogP contribution in [-0.4, -0.2) is 71.9 Å². The van der Waals surface area contributed by atoms with Crippen LogP contribution in [0, 0.1) is 0 Å². The van der Waals surface area contributed by atoms with Gasteiger partial charge in [-0.1, -0.05) is 18.2 Å². The van der Waals surface area contributed by atoms with Crippen LogP contribution in [0.15, 0.2) is 42.5 Å². The van der Waals surface area contributed by atoms with Crippen LogP contribution in [0.2, 0.25) is 0 Å². The highest BCUT2D eigenvalue weighted by molar-refractivity contribution is 5.61. The number of hydrogen-bond acceptors (Lipinski definition) is 7. The zero-order chi connectivity index (χ0) is 24.7. The molecule has 1 saturated heterocycles. The summed E-state index contributed by atoms with van der Waals surface area (Å²) in [6.45, 7) is 7.17. The monoisotopic (exact) mass is 486 g/mol. The Hall–Kier alpha value is -2.32. The summed E-state index contributed by atoms with van der Waals surface area (Å²) in [6.07, 6.45) is 4.42. The topological polar surface area (TPSA) is 72.4 Å². The second-order valence-electron chi connectivity index (χ2n) is 8.93. The number of anilines is 1. The van der Waals surface area contributed by atoms with E-state index in [0.717, 1.165) is 88.2 Å². The number of aliphatic hydroxyl groups is 1. The van der Waals surface area contributed by atoms with Crippen molar-refractivity contribution >= 4 is 5.69 Å². The Morgan fingerprint density at radius 2 is 1.71 bits per heavy atom. The van der Waals surface area contributed by atoms with E-state index in [1.165, 1.54) is 18.4 Å². The summed E-state index contributed by atoms with van der Waals surface area (Å²) in [7, 11) is 3.44. The van der Waals surface area contributed by atoms with Crippen molar-refractivity contribution in [3.8, 4) is 11.5 Å². The molecule has 0 spiro atoms. The summed E-state index contributed by atoms with van der Waals surface area (Å²) < 4.78 is 21.3. The third kappa shape index (κ3) is 9.00. The van der Waals surface area contributed by atoms with E-state index in [1.807, 2.05) is 18.2 Å². The summed E-state index contributed by atoms with van der Waals surface area (Å²) in [5, 5.41) is 12.6. The molecule has 0 aromatic heterocycles. The number of hydrogen-bond donors (Lipinski definition) is 2. The van der Waals surface area contributed by atoms with Crippen molar-refractivity contribution < 1.29 is 24.1 Å². The van der Waals surface area contributed by atoms with Crippen molar-refractivity contribution in [2.45, 2.75) is 38.2 Å². The number of fused-ring (bicyclic) bond motifs is 1. The maximum atomic E-state index is 9.16. The highest BCUT2D eigenvalue weighted by Gasteiger charge is 2.18. The van der Waals surface area contributed by atoms with E-state index >= 15 is 0 Å². The minimum atomic E-state index is 0.0686. The van der Waals surface area contributed by atoms with Crippen molar-refractivity contribution in [1.82, 2.24) is 5.32 Å². The highest BCUT2D eigenvalue weighted by atomic mass is 16.5. The molecule has 1 fully saturated rings. The largest absolute Gasteiger partial charge is 0.494 e. The van der Waals surface area contributed by atoms with Gasteiger partial charge >= 0.3 is 0 Å². The van der Waals surface area contributed by atoms with Crippen LogP contribution in [0.3, 0.4) is 0 Å². The van der Waals surface area contributed by atoms with E-state index < -0.39 is 0 Å². The van der Waals surface area contributed by atoms with Crippen molar-refractivity contribution in [2.75, 3.05) is 71.7 Å². The van der Waals surface area contributed by atoms with Crippen molar-refractivity contribution in [2.24, 2.45) is 0 Å². The van der Waals surface area contributed by atoms with Crippen LogP contribution < -0.4 is 19.7 Å². The zero-order valence-corrected chi connectivity index (χ0v) is 21.3. The quantitative estimate of drug-likeness (QED) is 0.466. The third-order valence-corrected chi connectivity index (χ3v) is 6.39. The first-order valence-electron chi connectivity index (χ1n) is 12.8. The van der Waals surface area contributed by atoms with Crippen LogP contribution in [0.5, 0.6) is 11.5 Å². The Morgan fingerprint density at radius 1 is 0.971 bits per heavy atom. The Balaban J connectivity index is 0.000000196. The predicted molar refractivity (Wildman–Crippen MR) is 140 cm³/mol. The number of nitrogens with zero attached hydrogens (tertiary/aromatic N) is 1. The van der Waals surface area contributed by atoms with Crippen LogP contribution in [0.25, 0.3) is 0 Å². The smallest absolute Gasteiger partial charge is 0.142 e. The summed E-state index contributed by atoms with van der Waals surface area (Å²) in [6, 6.07) is 14.4. The Labute approximate surface area is 210 Å². The van der Waals surface area contributed by atoms with Crippen LogP contribution in [0.4, 0.5) is 5.69 Å². The molecule has 0 atom stereocenters. The van der Waals surface area contributed by atoms with Crippen LogP contribution in [-0.2, 0) is 16.1 Å². The lowest BCUT2D eigenvalue weighted by atomic mass is 9.90. The molecule has 2 heterocycles. The fourth-order valence-electron chi connectivity index (χ4n) is 4.43. The second kappa shape index (κ2) is 15.6. The molecule has 2 aromatic rings. The summed E-state index contributed by atoms with van der Waals surface area (Å²) >= 11 is 0.